The predicted octanol–water partition coefficient (Wildman–Crippen LogP) is 5.30. The number of anilines is 1. The smallest absolute Gasteiger partial charge is 0.303 e. The van der Waals surface area contributed by atoms with Crippen molar-refractivity contribution in [2.24, 2.45) is 5.92 Å². The van der Waals surface area contributed by atoms with Gasteiger partial charge in [-0.1, -0.05) is 73.7 Å². The van der Waals surface area contributed by atoms with Crippen LogP contribution in [0.25, 0.3) is 0 Å². The number of carboxylic acid groups (broad SMARTS) is 1. The molecule has 40 heavy (non-hydrogen) atoms. The summed E-state index contributed by atoms with van der Waals surface area (Å²) in [6.07, 6.45) is -0.664. The number of likely N-dealkylation sites (N-methyl/N-ethyl adjacent to an activating group) is 1. The SMILES string of the molecule is C[C@H]1[C@@H](CN(C)Cc2ccccc2)O[C@@H](c2cccc(NC(=O)CCCC(=O)O)c2)O[C@H]1c1ccc(CO)cc1. The first kappa shape index (κ1) is 29.4. The second-order valence-electron chi connectivity index (χ2n) is 10.4. The first-order chi connectivity index (χ1) is 19.3. The maximum absolute atomic E-state index is 12.3. The Balaban J connectivity index is 1.52. The van der Waals surface area contributed by atoms with Crippen molar-refractivity contribution in [3.8, 4) is 0 Å². The number of carbonyl (C=O) groups excluding carboxylic acids is 1. The number of hydrogen-bond donors (Lipinski definition) is 3. The molecule has 0 radical (unpaired) electrons. The van der Waals surface area contributed by atoms with Crippen LogP contribution in [0.15, 0.2) is 78.9 Å². The molecular weight excluding hydrogens is 508 g/mol. The monoisotopic (exact) mass is 546 g/mol. The Labute approximate surface area is 235 Å². The number of rotatable bonds is 12. The summed E-state index contributed by atoms with van der Waals surface area (Å²) in [5.41, 5.74) is 4.46. The van der Waals surface area contributed by atoms with E-state index < -0.39 is 12.3 Å². The quantitative estimate of drug-likeness (QED) is 0.283. The number of aliphatic carboxylic acids is 1. The van der Waals surface area contributed by atoms with E-state index in [1.807, 2.05) is 60.7 Å². The maximum atomic E-state index is 12.3. The molecular formula is C32H38N2O6. The summed E-state index contributed by atoms with van der Waals surface area (Å²) in [5, 5.41) is 21.2. The fourth-order valence-electron chi connectivity index (χ4n) is 4.98. The van der Waals surface area contributed by atoms with Crippen molar-refractivity contribution in [1.82, 2.24) is 4.90 Å². The lowest BCUT2D eigenvalue weighted by atomic mass is 9.90. The minimum absolute atomic E-state index is 0.0190. The highest BCUT2D eigenvalue weighted by Gasteiger charge is 2.38. The number of nitrogens with one attached hydrogen (secondary N) is 1. The number of amides is 1. The van der Waals surface area contributed by atoms with Gasteiger partial charge in [0.25, 0.3) is 0 Å². The Morgan fingerprint density at radius 3 is 2.35 bits per heavy atom. The molecule has 0 bridgehead atoms. The molecule has 0 spiro atoms. The van der Waals surface area contributed by atoms with Crippen LogP contribution in [-0.4, -0.2) is 46.7 Å². The van der Waals surface area contributed by atoms with Gasteiger partial charge in [0.2, 0.25) is 5.91 Å². The molecule has 1 amide bonds. The molecule has 4 rings (SSSR count). The second kappa shape index (κ2) is 14.2. The Morgan fingerprint density at radius 1 is 0.900 bits per heavy atom. The van der Waals surface area contributed by atoms with Crippen molar-refractivity contribution in [2.45, 2.75) is 57.8 Å². The molecule has 1 aliphatic heterocycles. The third-order valence-corrected chi connectivity index (χ3v) is 7.15. The van der Waals surface area contributed by atoms with Crippen LogP contribution in [0.3, 0.4) is 0 Å². The molecule has 0 saturated carbocycles. The van der Waals surface area contributed by atoms with Crippen LogP contribution in [0, 0.1) is 5.92 Å². The minimum atomic E-state index is -0.917. The molecule has 0 aromatic heterocycles. The molecule has 3 aromatic carbocycles. The summed E-state index contributed by atoms with van der Waals surface area (Å²) < 4.78 is 13.1. The van der Waals surface area contributed by atoms with Crippen molar-refractivity contribution in [2.75, 3.05) is 18.9 Å². The molecule has 0 unspecified atom stereocenters. The van der Waals surface area contributed by atoms with Crippen molar-refractivity contribution >= 4 is 17.6 Å². The number of carboxylic acids is 1. The Hall–Kier alpha value is -3.56. The highest BCUT2D eigenvalue weighted by molar-refractivity contribution is 5.90. The third-order valence-electron chi connectivity index (χ3n) is 7.15. The molecule has 3 N–H and O–H groups in total. The van der Waals surface area contributed by atoms with Gasteiger partial charge in [-0.2, -0.15) is 0 Å². The van der Waals surface area contributed by atoms with Crippen LogP contribution in [0.4, 0.5) is 5.69 Å². The molecule has 8 nitrogen and oxygen atoms in total. The fraction of sp³-hybridized carbons (Fsp3) is 0.375. The maximum Gasteiger partial charge on any atom is 0.303 e. The van der Waals surface area contributed by atoms with E-state index in [9.17, 15) is 14.7 Å². The van der Waals surface area contributed by atoms with Gasteiger partial charge in [0.15, 0.2) is 6.29 Å². The molecule has 8 heteroatoms. The first-order valence-electron chi connectivity index (χ1n) is 13.7. The first-order valence-corrected chi connectivity index (χ1v) is 13.7. The van der Waals surface area contributed by atoms with E-state index in [1.54, 1.807) is 6.07 Å². The van der Waals surface area contributed by atoms with Crippen molar-refractivity contribution in [3.05, 3.63) is 101 Å². The topological polar surface area (TPSA) is 108 Å². The van der Waals surface area contributed by atoms with Crippen LogP contribution in [0.2, 0.25) is 0 Å². The standard InChI is InChI=1S/C32H38N2O6/c1-22-28(20-34(2)19-23-8-4-3-5-9-23)39-32(40-31(22)25-16-14-24(21-35)15-17-25)26-10-6-11-27(18-26)33-29(36)12-7-13-30(37)38/h3-6,8-11,14-18,22,28,31-32,35H,7,12-13,19-21H2,1-2H3,(H,33,36)(H,37,38)/t22-,28+,31+,32+/m0/s1. The van der Waals surface area contributed by atoms with Crippen LogP contribution < -0.4 is 5.32 Å². The average molecular weight is 547 g/mol. The van der Waals surface area contributed by atoms with Gasteiger partial charge < -0.3 is 25.0 Å². The van der Waals surface area contributed by atoms with E-state index >= 15 is 0 Å². The summed E-state index contributed by atoms with van der Waals surface area (Å²) in [4.78, 5) is 25.4. The molecule has 1 heterocycles. The van der Waals surface area contributed by atoms with Gasteiger partial charge in [-0.15, -0.1) is 0 Å². The molecule has 1 saturated heterocycles. The number of hydrogen-bond acceptors (Lipinski definition) is 6. The second-order valence-corrected chi connectivity index (χ2v) is 10.4. The van der Waals surface area contributed by atoms with E-state index in [1.165, 1.54) is 5.56 Å². The lowest BCUT2D eigenvalue weighted by Crippen LogP contribution is -2.43. The summed E-state index contributed by atoms with van der Waals surface area (Å²) in [5.74, 6) is -1.11. The van der Waals surface area contributed by atoms with E-state index in [2.05, 4.69) is 36.3 Å². The minimum Gasteiger partial charge on any atom is -0.481 e. The van der Waals surface area contributed by atoms with Gasteiger partial charge in [0, 0.05) is 43.1 Å². The molecule has 1 aliphatic rings. The summed E-state index contributed by atoms with van der Waals surface area (Å²) in [7, 11) is 2.08. The fourth-order valence-corrected chi connectivity index (χ4v) is 4.98. The Kier molecular flexibility index (Phi) is 10.4. The largest absolute Gasteiger partial charge is 0.481 e. The number of ether oxygens (including phenoxy) is 2. The van der Waals surface area contributed by atoms with Gasteiger partial charge in [0.1, 0.15) is 0 Å². The third kappa shape index (κ3) is 8.22. The van der Waals surface area contributed by atoms with Crippen molar-refractivity contribution < 1.29 is 29.3 Å². The van der Waals surface area contributed by atoms with E-state index in [0.717, 1.165) is 23.2 Å². The molecule has 212 valence electrons. The highest BCUT2D eigenvalue weighted by atomic mass is 16.7. The summed E-state index contributed by atoms with van der Waals surface area (Å²) in [6, 6.07) is 25.5. The van der Waals surface area contributed by atoms with E-state index in [-0.39, 0.29) is 49.9 Å². The van der Waals surface area contributed by atoms with Crippen LogP contribution in [0.1, 0.15) is 60.8 Å². The van der Waals surface area contributed by atoms with E-state index in [0.29, 0.717) is 12.2 Å². The van der Waals surface area contributed by atoms with Crippen molar-refractivity contribution in [3.63, 3.8) is 0 Å². The molecule has 1 fully saturated rings. The number of nitrogens with zero attached hydrogens (tertiary/aromatic N) is 1. The van der Waals surface area contributed by atoms with Crippen LogP contribution in [0.5, 0.6) is 0 Å². The van der Waals surface area contributed by atoms with Crippen LogP contribution in [-0.2, 0) is 32.2 Å². The Bertz CT molecular complexity index is 1250. The lowest BCUT2D eigenvalue weighted by molar-refractivity contribution is -0.276. The summed E-state index contributed by atoms with van der Waals surface area (Å²) in [6.45, 7) is 3.60. The number of aliphatic hydroxyl groups is 1. The lowest BCUT2D eigenvalue weighted by Gasteiger charge is -2.42. The molecule has 0 aliphatic carbocycles. The average Bonchev–Trinajstić information content (AvgIpc) is 2.94. The Morgan fingerprint density at radius 2 is 1.65 bits per heavy atom. The normalized spacial score (nSPS) is 20.8. The predicted molar refractivity (Wildman–Crippen MR) is 152 cm³/mol. The van der Waals surface area contributed by atoms with Gasteiger partial charge >= 0.3 is 5.97 Å². The number of carbonyl (C=O) groups is 2. The van der Waals surface area contributed by atoms with Gasteiger partial charge in [-0.25, -0.2) is 0 Å². The van der Waals surface area contributed by atoms with Gasteiger partial charge in [0.05, 0.1) is 18.8 Å². The van der Waals surface area contributed by atoms with Gasteiger partial charge in [-0.3, -0.25) is 14.5 Å². The van der Waals surface area contributed by atoms with Crippen LogP contribution >= 0.6 is 0 Å². The summed E-state index contributed by atoms with van der Waals surface area (Å²) >= 11 is 0. The highest BCUT2D eigenvalue weighted by Crippen LogP contribution is 2.42. The zero-order chi connectivity index (χ0) is 28.5. The van der Waals surface area contributed by atoms with Gasteiger partial charge in [-0.05, 0) is 42.3 Å². The molecule has 4 atom stereocenters. The number of benzene rings is 3. The number of aliphatic hydroxyl groups excluding tert-OH is 1. The van der Waals surface area contributed by atoms with E-state index in [4.69, 9.17) is 14.6 Å². The van der Waals surface area contributed by atoms with Crippen molar-refractivity contribution in [1.29, 1.82) is 0 Å². The zero-order valence-electron chi connectivity index (χ0n) is 23.0. The molecule has 3 aromatic rings. The zero-order valence-corrected chi connectivity index (χ0v) is 23.0.